The molecule has 128 valence electrons. The lowest BCUT2D eigenvalue weighted by Crippen LogP contribution is -2.37. The minimum Gasteiger partial charge on any atom is -0.351 e. The zero-order valence-electron chi connectivity index (χ0n) is 13.8. The Kier molecular flexibility index (Phi) is 5.08. The molecule has 1 amide bonds. The Bertz CT molecular complexity index is 860. The van der Waals surface area contributed by atoms with E-state index in [1.807, 2.05) is 13.8 Å². The number of benzene rings is 2. The highest BCUT2D eigenvalue weighted by Gasteiger charge is 2.25. The van der Waals surface area contributed by atoms with Crippen LogP contribution in [-0.2, 0) is 15.3 Å². The van der Waals surface area contributed by atoms with Crippen molar-refractivity contribution in [3.05, 3.63) is 65.5 Å². The van der Waals surface area contributed by atoms with Crippen LogP contribution in [0.2, 0.25) is 0 Å². The minimum absolute atomic E-state index is 0.0866. The van der Waals surface area contributed by atoms with E-state index in [9.17, 15) is 17.6 Å². The van der Waals surface area contributed by atoms with Crippen molar-refractivity contribution in [1.29, 1.82) is 0 Å². The lowest BCUT2D eigenvalue weighted by molar-refractivity contribution is 0.0945. The van der Waals surface area contributed by atoms with Gasteiger partial charge in [0, 0.05) is 23.8 Å². The minimum atomic E-state index is -3.38. The van der Waals surface area contributed by atoms with E-state index in [-0.39, 0.29) is 22.8 Å². The Morgan fingerprint density at radius 1 is 1.12 bits per heavy atom. The third kappa shape index (κ3) is 4.20. The van der Waals surface area contributed by atoms with Crippen LogP contribution in [0.1, 0.15) is 29.8 Å². The monoisotopic (exact) mass is 349 g/mol. The summed E-state index contributed by atoms with van der Waals surface area (Å²) in [6.45, 7) is 3.88. The normalized spacial score (nSPS) is 12.0. The van der Waals surface area contributed by atoms with Gasteiger partial charge in [-0.3, -0.25) is 4.79 Å². The summed E-state index contributed by atoms with van der Waals surface area (Å²) in [4.78, 5) is 12.4. The van der Waals surface area contributed by atoms with Crippen molar-refractivity contribution in [3.8, 4) is 0 Å². The second-order valence-corrected chi connectivity index (χ2v) is 8.36. The molecule has 6 heteroatoms. The van der Waals surface area contributed by atoms with Gasteiger partial charge in [-0.05, 0) is 29.8 Å². The third-order valence-electron chi connectivity index (χ3n) is 3.82. The van der Waals surface area contributed by atoms with Crippen molar-refractivity contribution < 1.29 is 17.6 Å². The summed E-state index contributed by atoms with van der Waals surface area (Å²) in [6, 6.07) is 12.3. The molecule has 2 rings (SSSR count). The number of amides is 1. The number of sulfone groups is 1. The molecule has 0 saturated carbocycles. The Morgan fingerprint density at radius 2 is 1.79 bits per heavy atom. The summed E-state index contributed by atoms with van der Waals surface area (Å²) in [5.41, 5.74) is 0.160. The first kappa shape index (κ1) is 18.1. The highest BCUT2D eigenvalue weighted by Crippen LogP contribution is 2.25. The molecule has 0 heterocycles. The van der Waals surface area contributed by atoms with Gasteiger partial charge in [-0.2, -0.15) is 0 Å². The predicted octanol–water partition coefficient (Wildman–Crippen LogP) is 2.94. The standard InChI is InChI=1S/C18H20FNO3S/c1-18(2,15-9-4-5-10-16(15)19)12-20-17(21)13-7-6-8-14(11-13)24(3,22)23/h4-11H,12H2,1-3H3,(H,20,21). The van der Waals surface area contributed by atoms with Crippen LogP contribution in [0.25, 0.3) is 0 Å². The van der Waals surface area contributed by atoms with Crippen molar-refractivity contribution in [1.82, 2.24) is 5.32 Å². The van der Waals surface area contributed by atoms with Crippen LogP contribution >= 0.6 is 0 Å². The second kappa shape index (κ2) is 6.73. The lowest BCUT2D eigenvalue weighted by Gasteiger charge is -2.26. The topological polar surface area (TPSA) is 63.2 Å². The largest absolute Gasteiger partial charge is 0.351 e. The van der Waals surface area contributed by atoms with Gasteiger partial charge in [-0.15, -0.1) is 0 Å². The highest BCUT2D eigenvalue weighted by molar-refractivity contribution is 7.90. The Hall–Kier alpha value is -2.21. The molecule has 0 atom stereocenters. The van der Waals surface area contributed by atoms with Gasteiger partial charge in [0.05, 0.1) is 4.90 Å². The molecule has 24 heavy (non-hydrogen) atoms. The molecule has 0 aliphatic rings. The van der Waals surface area contributed by atoms with Crippen molar-refractivity contribution in [2.75, 3.05) is 12.8 Å². The van der Waals surface area contributed by atoms with E-state index in [1.54, 1.807) is 24.3 Å². The molecule has 0 saturated heterocycles. The fourth-order valence-electron chi connectivity index (χ4n) is 2.38. The molecule has 2 aromatic rings. The number of carbonyl (C=O) groups is 1. The second-order valence-electron chi connectivity index (χ2n) is 6.35. The average molecular weight is 349 g/mol. The first-order valence-electron chi connectivity index (χ1n) is 7.44. The van der Waals surface area contributed by atoms with Crippen LogP contribution in [0.3, 0.4) is 0 Å². The fraction of sp³-hybridized carbons (Fsp3) is 0.278. The van der Waals surface area contributed by atoms with Gasteiger partial charge in [0.25, 0.3) is 5.91 Å². The quantitative estimate of drug-likeness (QED) is 0.903. The van der Waals surface area contributed by atoms with Gasteiger partial charge in [0.15, 0.2) is 9.84 Å². The highest BCUT2D eigenvalue weighted by atomic mass is 32.2. The molecule has 0 spiro atoms. The number of nitrogens with one attached hydrogen (secondary N) is 1. The van der Waals surface area contributed by atoms with E-state index in [2.05, 4.69) is 5.32 Å². The summed E-state index contributed by atoms with van der Waals surface area (Å²) in [6.07, 6.45) is 1.09. The van der Waals surface area contributed by atoms with E-state index < -0.39 is 21.2 Å². The fourth-order valence-corrected chi connectivity index (χ4v) is 3.04. The summed E-state index contributed by atoms with van der Waals surface area (Å²) >= 11 is 0. The molecule has 0 fully saturated rings. The Labute approximate surface area is 141 Å². The summed E-state index contributed by atoms with van der Waals surface area (Å²) < 4.78 is 37.1. The van der Waals surface area contributed by atoms with Gasteiger partial charge in [0.2, 0.25) is 0 Å². The molecular formula is C18H20FNO3S. The zero-order valence-corrected chi connectivity index (χ0v) is 14.7. The molecular weight excluding hydrogens is 329 g/mol. The van der Waals surface area contributed by atoms with E-state index in [0.717, 1.165) is 6.26 Å². The van der Waals surface area contributed by atoms with Gasteiger partial charge in [-0.1, -0.05) is 38.1 Å². The maximum Gasteiger partial charge on any atom is 0.251 e. The van der Waals surface area contributed by atoms with Crippen LogP contribution in [0.5, 0.6) is 0 Å². The van der Waals surface area contributed by atoms with Crippen molar-refractivity contribution in [2.24, 2.45) is 0 Å². The molecule has 0 aliphatic heterocycles. The third-order valence-corrected chi connectivity index (χ3v) is 4.93. The number of halogens is 1. The lowest BCUT2D eigenvalue weighted by atomic mass is 9.84. The van der Waals surface area contributed by atoms with Gasteiger partial charge in [-0.25, -0.2) is 12.8 Å². The number of hydrogen-bond donors (Lipinski definition) is 1. The smallest absolute Gasteiger partial charge is 0.251 e. The van der Waals surface area contributed by atoms with Crippen LogP contribution in [0.15, 0.2) is 53.4 Å². The van der Waals surface area contributed by atoms with Crippen molar-refractivity contribution in [2.45, 2.75) is 24.2 Å². The molecule has 2 aromatic carbocycles. The van der Waals surface area contributed by atoms with E-state index in [0.29, 0.717) is 5.56 Å². The first-order valence-corrected chi connectivity index (χ1v) is 9.34. The van der Waals surface area contributed by atoms with Crippen molar-refractivity contribution in [3.63, 3.8) is 0 Å². The van der Waals surface area contributed by atoms with Crippen LogP contribution in [0, 0.1) is 5.82 Å². The zero-order chi connectivity index (χ0) is 18.0. The maximum absolute atomic E-state index is 13.9. The van der Waals surface area contributed by atoms with Crippen LogP contribution < -0.4 is 5.32 Å². The molecule has 0 radical (unpaired) electrons. The van der Waals surface area contributed by atoms with Crippen LogP contribution in [-0.4, -0.2) is 27.1 Å². The first-order chi connectivity index (χ1) is 11.1. The van der Waals surface area contributed by atoms with E-state index in [4.69, 9.17) is 0 Å². The Morgan fingerprint density at radius 3 is 2.42 bits per heavy atom. The molecule has 0 unspecified atom stereocenters. The number of hydrogen-bond acceptors (Lipinski definition) is 3. The number of rotatable bonds is 5. The SMILES string of the molecule is CC(C)(CNC(=O)c1cccc(S(C)(=O)=O)c1)c1ccccc1F. The molecule has 0 aromatic heterocycles. The van der Waals surface area contributed by atoms with Gasteiger partial charge >= 0.3 is 0 Å². The van der Waals surface area contributed by atoms with Crippen LogP contribution in [0.4, 0.5) is 4.39 Å². The molecule has 1 N–H and O–H groups in total. The molecule has 0 aliphatic carbocycles. The van der Waals surface area contributed by atoms with Crippen molar-refractivity contribution >= 4 is 15.7 Å². The predicted molar refractivity (Wildman–Crippen MR) is 91.3 cm³/mol. The summed E-state index contributed by atoms with van der Waals surface area (Å²) in [7, 11) is -3.38. The summed E-state index contributed by atoms with van der Waals surface area (Å²) in [5, 5.41) is 2.74. The maximum atomic E-state index is 13.9. The van der Waals surface area contributed by atoms with Gasteiger partial charge in [0.1, 0.15) is 5.82 Å². The molecule has 4 nitrogen and oxygen atoms in total. The van der Waals surface area contributed by atoms with E-state index in [1.165, 1.54) is 24.3 Å². The summed E-state index contributed by atoms with van der Waals surface area (Å²) in [5.74, 6) is -0.722. The average Bonchev–Trinajstić information content (AvgIpc) is 2.52. The van der Waals surface area contributed by atoms with E-state index >= 15 is 0 Å². The molecule has 0 bridgehead atoms. The number of carbonyl (C=O) groups excluding carboxylic acids is 1. The van der Waals surface area contributed by atoms with Gasteiger partial charge < -0.3 is 5.32 Å². The Balaban J connectivity index is 2.15.